The molecule has 0 aliphatic heterocycles. The summed E-state index contributed by atoms with van der Waals surface area (Å²) in [6.07, 6.45) is 1.41. The zero-order valence-electron chi connectivity index (χ0n) is 13.0. The lowest BCUT2D eigenvalue weighted by Gasteiger charge is -2.07. The summed E-state index contributed by atoms with van der Waals surface area (Å²) in [4.78, 5) is 20.5. The van der Waals surface area contributed by atoms with Gasteiger partial charge in [0.25, 0.3) is 0 Å². The molecule has 23 heavy (non-hydrogen) atoms. The van der Waals surface area contributed by atoms with Gasteiger partial charge < -0.3 is 14.5 Å². The average Bonchev–Trinajstić information content (AvgIpc) is 2.90. The van der Waals surface area contributed by atoms with Gasteiger partial charge in [0.1, 0.15) is 23.5 Å². The molecule has 2 aromatic heterocycles. The Morgan fingerprint density at radius 1 is 1.26 bits per heavy atom. The number of carbonyl (C=O) groups is 1. The molecule has 0 atom stereocenters. The molecular weight excluding hydrogens is 294 g/mol. The average molecular weight is 311 g/mol. The van der Waals surface area contributed by atoms with Gasteiger partial charge in [-0.25, -0.2) is 14.8 Å². The molecule has 0 aliphatic carbocycles. The minimum atomic E-state index is -0.429. The normalized spacial score (nSPS) is 10.7. The van der Waals surface area contributed by atoms with Crippen molar-refractivity contribution in [2.45, 2.75) is 20.4 Å². The van der Waals surface area contributed by atoms with E-state index in [9.17, 15) is 4.79 Å². The molecule has 2 heterocycles. The van der Waals surface area contributed by atoms with Crippen LogP contribution >= 0.6 is 0 Å². The molecule has 3 aromatic rings. The van der Waals surface area contributed by atoms with Crippen molar-refractivity contribution < 1.29 is 13.9 Å². The molecule has 0 aliphatic rings. The molecule has 0 radical (unpaired) electrons. The summed E-state index contributed by atoms with van der Waals surface area (Å²) in [6, 6.07) is 9.93. The van der Waals surface area contributed by atoms with Crippen LogP contribution in [0.1, 0.15) is 28.6 Å². The van der Waals surface area contributed by atoms with E-state index in [2.05, 4.69) is 15.3 Å². The first-order valence-electron chi connectivity index (χ1n) is 7.39. The Balaban J connectivity index is 1.98. The third kappa shape index (κ3) is 3.01. The lowest BCUT2D eigenvalue weighted by molar-refractivity contribution is 0.0526. The molecule has 3 rings (SSSR count). The van der Waals surface area contributed by atoms with Crippen molar-refractivity contribution >= 4 is 22.9 Å². The number of aryl methyl sites for hydroxylation is 1. The summed E-state index contributed by atoms with van der Waals surface area (Å²) in [6.45, 7) is 4.36. The zero-order chi connectivity index (χ0) is 16.2. The number of nitrogens with one attached hydrogen (secondary N) is 1. The molecule has 118 valence electrons. The quantitative estimate of drug-likeness (QED) is 0.728. The predicted octanol–water partition coefficient (Wildman–Crippen LogP) is 3.32. The maximum Gasteiger partial charge on any atom is 0.342 e. The number of furan rings is 1. The monoisotopic (exact) mass is 311 g/mol. The molecule has 0 spiro atoms. The first kappa shape index (κ1) is 15.0. The largest absolute Gasteiger partial charge is 0.462 e. The molecule has 0 bridgehead atoms. The van der Waals surface area contributed by atoms with Gasteiger partial charge in [-0.3, -0.25) is 0 Å². The van der Waals surface area contributed by atoms with E-state index in [1.165, 1.54) is 6.33 Å². The molecule has 0 fully saturated rings. The Hall–Kier alpha value is -2.89. The van der Waals surface area contributed by atoms with Crippen LogP contribution in [0.2, 0.25) is 0 Å². The van der Waals surface area contributed by atoms with Crippen LogP contribution in [0.15, 0.2) is 41.1 Å². The van der Waals surface area contributed by atoms with Gasteiger partial charge in [-0.15, -0.1) is 0 Å². The number of benzene rings is 1. The van der Waals surface area contributed by atoms with E-state index in [-0.39, 0.29) is 0 Å². The smallest absolute Gasteiger partial charge is 0.342 e. The van der Waals surface area contributed by atoms with Crippen molar-refractivity contribution in [1.29, 1.82) is 0 Å². The maximum absolute atomic E-state index is 12.2. The second kappa shape index (κ2) is 6.48. The fraction of sp³-hybridized carbons (Fsp3) is 0.235. The number of nitrogens with zero attached hydrogens (tertiary/aromatic N) is 2. The minimum Gasteiger partial charge on any atom is -0.462 e. The van der Waals surface area contributed by atoms with Crippen LogP contribution in [-0.2, 0) is 11.3 Å². The van der Waals surface area contributed by atoms with E-state index in [0.717, 1.165) is 5.56 Å². The lowest BCUT2D eigenvalue weighted by atomic mass is 10.1. The Morgan fingerprint density at radius 3 is 2.78 bits per heavy atom. The van der Waals surface area contributed by atoms with Crippen molar-refractivity contribution in [2.24, 2.45) is 0 Å². The Kier molecular flexibility index (Phi) is 4.23. The van der Waals surface area contributed by atoms with Gasteiger partial charge in [0.15, 0.2) is 0 Å². The zero-order valence-corrected chi connectivity index (χ0v) is 13.0. The van der Waals surface area contributed by atoms with Crippen LogP contribution in [0.5, 0.6) is 0 Å². The highest BCUT2D eigenvalue weighted by molar-refractivity contribution is 6.07. The SMILES string of the molecule is CCOC(=O)c1c(C)oc2ncnc(NCc3ccccc3)c12. The van der Waals surface area contributed by atoms with Crippen LogP contribution in [0.4, 0.5) is 5.82 Å². The van der Waals surface area contributed by atoms with Crippen molar-refractivity contribution in [3.05, 3.63) is 53.5 Å². The van der Waals surface area contributed by atoms with Crippen molar-refractivity contribution in [1.82, 2.24) is 9.97 Å². The Labute approximate surface area is 133 Å². The predicted molar refractivity (Wildman–Crippen MR) is 86.3 cm³/mol. The van der Waals surface area contributed by atoms with Crippen LogP contribution in [0.25, 0.3) is 11.1 Å². The number of hydrogen-bond acceptors (Lipinski definition) is 6. The molecule has 1 N–H and O–H groups in total. The van der Waals surface area contributed by atoms with Crippen molar-refractivity contribution in [3.8, 4) is 0 Å². The van der Waals surface area contributed by atoms with Gasteiger partial charge in [0.05, 0.1) is 12.0 Å². The summed E-state index contributed by atoms with van der Waals surface area (Å²) in [7, 11) is 0. The van der Waals surface area contributed by atoms with Crippen molar-refractivity contribution in [2.75, 3.05) is 11.9 Å². The molecule has 0 saturated heterocycles. The standard InChI is InChI=1S/C17H17N3O3/c1-3-22-17(21)13-11(2)23-16-14(13)15(19-10-20-16)18-9-12-7-5-4-6-8-12/h4-8,10H,3,9H2,1-2H3,(H,18,19,20). The molecular formula is C17H17N3O3. The third-order valence-corrected chi connectivity index (χ3v) is 3.45. The van der Waals surface area contributed by atoms with E-state index >= 15 is 0 Å². The van der Waals surface area contributed by atoms with Gasteiger partial charge in [-0.05, 0) is 19.4 Å². The first-order chi connectivity index (χ1) is 11.2. The number of carbonyl (C=O) groups excluding carboxylic acids is 1. The summed E-state index contributed by atoms with van der Waals surface area (Å²) in [5.41, 5.74) is 1.85. The Morgan fingerprint density at radius 2 is 2.04 bits per heavy atom. The van der Waals surface area contributed by atoms with E-state index in [1.807, 2.05) is 30.3 Å². The number of fused-ring (bicyclic) bond motifs is 1. The van der Waals surface area contributed by atoms with E-state index < -0.39 is 5.97 Å². The lowest BCUT2D eigenvalue weighted by Crippen LogP contribution is -2.08. The number of aromatic nitrogens is 2. The van der Waals surface area contributed by atoms with Gasteiger partial charge in [-0.2, -0.15) is 0 Å². The van der Waals surface area contributed by atoms with Crippen LogP contribution < -0.4 is 5.32 Å². The van der Waals surface area contributed by atoms with Crippen molar-refractivity contribution in [3.63, 3.8) is 0 Å². The molecule has 6 nitrogen and oxygen atoms in total. The van der Waals surface area contributed by atoms with Crippen LogP contribution in [-0.4, -0.2) is 22.5 Å². The van der Waals surface area contributed by atoms with Gasteiger partial charge >= 0.3 is 5.97 Å². The van der Waals surface area contributed by atoms with Gasteiger partial charge in [-0.1, -0.05) is 30.3 Å². The topological polar surface area (TPSA) is 77.2 Å². The highest BCUT2D eigenvalue weighted by atomic mass is 16.5. The first-order valence-corrected chi connectivity index (χ1v) is 7.39. The molecule has 0 unspecified atom stereocenters. The second-order valence-corrected chi connectivity index (χ2v) is 5.00. The maximum atomic E-state index is 12.2. The number of esters is 1. The fourth-order valence-corrected chi connectivity index (χ4v) is 2.41. The number of hydrogen-bond donors (Lipinski definition) is 1. The van der Waals surface area contributed by atoms with E-state index in [4.69, 9.17) is 9.15 Å². The number of ether oxygens (including phenoxy) is 1. The van der Waals surface area contributed by atoms with E-state index in [0.29, 0.717) is 41.4 Å². The second-order valence-electron chi connectivity index (χ2n) is 5.00. The summed E-state index contributed by atoms with van der Waals surface area (Å²) in [5, 5.41) is 3.79. The highest BCUT2D eigenvalue weighted by Gasteiger charge is 2.23. The Bertz CT molecular complexity index is 828. The molecule has 0 saturated carbocycles. The molecule has 0 amide bonds. The summed E-state index contributed by atoms with van der Waals surface area (Å²) >= 11 is 0. The van der Waals surface area contributed by atoms with Gasteiger partial charge in [0, 0.05) is 6.54 Å². The molecule has 6 heteroatoms. The van der Waals surface area contributed by atoms with Gasteiger partial charge in [0.2, 0.25) is 5.71 Å². The number of anilines is 1. The minimum absolute atomic E-state index is 0.297. The summed E-state index contributed by atoms with van der Waals surface area (Å²) in [5.74, 6) is 0.599. The van der Waals surface area contributed by atoms with E-state index in [1.54, 1.807) is 13.8 Å². The fourth-order valence-electron chi connectivity index (χ4n) is 2.41. The van der Waals surface area contributed by atoms with Crippen LogP contribution in [0, 0.1) is 6.92 Å². The highest BCUT2D eigenvalue weighted by Crippen LogP contribution is 2.29. The third-order valence-electron chi connectivity index (χ3n) is 3.45. The summed E-state index contributed by atoms with van der Waals surface area (Å²) < 4.78 is 10.7. The number of rotatable bonds is 5. The van der Waals surface area contributed by atoms with Crippen LogP contribution in [0.3, 0.4) is 0 Å². The molecule has 1 aromatic carbocycles.